The summed E-state index contributed by atoms with van der Waals surface area (Å²) in [6.45, 7) is 2.13. The average molecular weight is 133 g/mol. The maximum Gasteiger partial charge on any atom is 0.404 e. The Balaban J connectivity index is 3.16. The highest BCUT2D eigenvalue weighted by Crippen LogP contribution is 1.82. The number of carboxylic acid groups (broad SMARTS) is 1. The number of hydrogen-bond acceptors (Lipinski definition) is 2. The minimum absolute atomic E-state index is 0.0545. The Morgan fingerprint density at radius 2 is 2.44 bits per heavy atom. The molecule has 0 aromatic rings. The van der Waals surface area contributed by atoms with E-state index < -0.39 is 6.09 Å². The van der Waals surface area contributed by atoms with Gasteiger partial charge < -0.3 is 15.2 Å². The summed E-state index contributed by atoms with van der Waals surface area (Å²) in [5, 5.41) is 10.3. The molecular formula is C5H11NO3. The maximum absolute atomic E-state index is 9.85. The first-order valence-electron chi connectivity index (χ1n) is 2.66. The molecule has 0 heterocycles. The first-order valence-corrected chi connectivity index (χ1v) is 2.66. The number of carbonyl (C=O) groups is 1. The molecule has 1 atom stereocenters. The molecule has 4 heteroatoms. The minimum Gasteiger partial charge on any atom is -0.465 e. The van der Waals surface area contributed by atoms with Crippen LogP contribution in [0.25, 0.3) is 0 Å². The lowest BCUT2D eigenvalue weighted by Gasteiger charge is -2.07. The molecule has 0 fully saturated rings. The number of rotatable bonds is 3. The van der Waals surface area contributed by atoms with Crippen molar-refractivity contribution in [2.45, 2.75) is 13.0 Å². The first-order chi connectivity index (χ1) is 4.16. The van der Waals surface area contributed by atoms with Crippen LogP contribution < -0.4 is 5.32 Å². The molecule has 2 N–H and O–H groups in total. The number of amides is 1. The van der Waals surface area contributed by atoms with Crippen LogP contribution in [0.2, 0.25) is 0 Å². The fraction of sp³-hybridized carbons (Fsp3) is 0.800. The maximum atomic E-state index is 9.85. The van der Waals surface area contributed by atoms with Gasteiger partial charge in [-0.1, -0.05) is 0 Å². The SMILES string of the molecule is CO[C@@H](C)CNC(=O)O. The van der Waals surface area contributed by atoms with Crippen molar-refractivity contribution in [3.8, 4) is 0 Å². The number of hydrogen-bond donors (Lipinski definition) is 2. The summed E-state index contributed by atoms with van der Waals surface area (Å²) >= 11 is 0. The molecule has 0 spiro atoms. The van der Waals surface area contributed by atoms with Crippen molar-refractivity contribution in [2.24, 2.45) is 0 Å². The summed E-state index contributed by atoms with van der Waals surface area (Å²) in [6.07, 6.45) is -1.07. The second kappa shape index (κ2) is 4.14. The van der Waals surface area contributed by atoms with Crippen molar-refractivity contribution in [2.75, 3.05) is 13.7 Å². The van der Waals surface area contributed by atoms with Crippen molar-refractivity contribution in [3.05, 3.63) is 0 Å². The van der Waals surface area contributed by atoms with E-state index in [2.05, 4.69) is 5.32 Å². The second-order valence-electron chi connectivity index (χ2n) is 1.73. The average Bonchev–Trinajstić information content (AvgIpc) is 1.83. The Labute approximate surface area is 53.8 Å². The zero-order valence-corrected chi connectivity index (χ0v) is 5.55. The third-order valence-electron chi connectivity index (χ3n) is 0.943. The molecule has 0 bridgehead atoms. The van der Waals surface area contributed by atoms with Crippen LogP contribution >= 0.6 is 0 Å². The van der Waals surface area contributed by atoms with Gasteiger partial charge in [-0.15, -0.1) is 0 Å². The van der Waals surface area contributed by atoms with Gasteiger partial charge in [0.1, 0.15) is 0 Å². The van der Waals surface area contributed by atoms with E-state index >= 15 is 0 Å². The van der Waals surface area contributed by atoms with Crippen LogP contribution in [0.5, 0.6) is 0 Å². The Bertz CT molecular complexity index is 94.2. The topological polar surface area (TPSA) is 58.6 Å². The summed E-state index contributed by atoms with van der Waals surface area (Å²) in [6, 6.07) is 0. The van der Waals surface area contributed by atoms with Gasteiger partial charge in [-0.25, -0.2) is 4.79 Å². The summed E-state index contributed by atoms with van der Waals surface area (Å²) in [4.78, 5) is 9.85. The molecule has 9 heavy (non-hydrogen) atoms. The van der Waals surface area contributed by atoms with E-state index in [1.165, 1.54) is 7.11 Å². The molecule has 0 unspecified atom stereocenters. The van der Waals surface area contributed by atoms with Gasteiger partial charge in [-0.2, -0.15) is 0 Å². The highest BCUT2D eigenvalue weighted by atomic mass is 16.5. The molecule has 0 aromatic heterocycles. The van der Waals surface area contributed by atoms with Crippen LogP contribution in [-0.2, 0) is 4.74 Å². The van der Waals surface area contributed by atoms with Gasteiger partial charge in [0, 0.05) is 13.7 Å². The monoisotopic (exact) mass is 133 g/mol. The molecule has 0 radical (unpaired) electrons. The minimum atomic E-state index is -1.01. The Morgan fingerprint density at radius 3 is 2.78 bits per heavy atom. The van der Waals surface area contributed by atoms with Crippen molar-refractivity contribution in [1.82, 2.24) is 5.32 Å². The van der Waals surface area contributed by atoms with Gasteiger partial charge in [0.2, 0.25) is 0 Å². The lowest BCUT2D eigenvalue weighted by molar-refractivity contribution is 0.114. The summed E-state index contributed by atoms with van der Waals surface area (Å²) in [5.41, 5.74) is 0. The van der Waals surface area contributed by atoms with E-state index in [0.29, 0.717) is 6.54 Å². The van der Waals surface area contributed by atoms with Gasteiger partial charge in [0.25, 0.3) is 0 Å². The van der Waals surface area contributed by atoms with E-state index in [1.807, 2.05) is 0 Å². The van der Waals surface area contributed by atoms with E-state index in [-0.39, 0.29) is 6.10 Å². The van der Waals surface area contributed by atoms with Crippen molar-refractivity contribution < 1.29 is 14.6 Å². The highest BCUT2D eigenvalue weighted by Gasteiger charge is 1.99. The zero-order chi connectivity index (χ0) is 7.28. The summed E-state index contributed by atoms with van der Waals surface area (Å²) in [5.74, 6) is 0. The normalized spacial score (nSPS) is 12.7. The molecule has 54 valence electrons. The molecule has 0 aliphatic carbocycles. The molecule has 0 rings (SSSR count). The van der Waals surface area contributed by atoms with Crippen LogP contribution in [0, 0.1) is 0 Å². The first kappa shape index (κ1) is 8.23. The van der Waals surface area contributed by atoms with Crippen LogP contribution in [-0.4, -0.2) is 31.0 Å². The van der Waals surface area contributed by atoms with Crippen molar-refractivity contribution in [1.29, 1.82) is 0 Å². The Morgan fingerprint density at radius 1 is 1.89 bits per heavy atom. The fourth-order valence-corrected chi connectivity index (χ4v) is 0.314. The zero-order valence-electron chi connectivity index (χ0n) is 5.55. The van der Waals surface area contributed by atoms with Crippen LogP contribution in [0.15, 0.2) is 0 Å². The van der Waals surface area contributed by atoms with Gasteiger partial charge in [0.05, 0.1) is 6.10 Å². The fourth-order valence-electron chi connectivity index (χ4n) is 0.314. The third kappa shape index (κ3) is 5.10. The molecule has 0 aliphatic heterocycles. The Hall–Kier alpha value is -0.770. The number of methoxy groups -OCH3 is 1. The van der Waals surface area contributed by atoms with Crippen LogP contribution in [0.1, 0.15) is 6.92 Å². The standard InChI is InChI=1S/C5H11NO3/c1-4(9-2)3-6-5(7)8/h4,6H,3H2,1-2H3,(H,7,8)/t4-/m0/s1. The summed E-state index contributed by atoms with van der Waals surface area (Å²) in [7, 11) is 1.54. The van der Waals surface area contributed by atoms with Gasteiger partial charge in [-0.05, 0) is 6.92 Å². The van der Waals surface area contributed by atoms with Gasteiger partial charge >= 0.3 is 6.09 Å². The highest BCUT2D eigenvalue weighted by molar-refractivity contribution is 5.64. The van der Waals surface area contributed by atoms with E-state index in [4.69, 9.17) is 9.84 Å². The van der Waals surface area contributed by atoms with Crippen molar-refractivity contribution >= 4 is 6.09 Å². The largest absolute Gasteiger partial charge is 0.465 e. The molecule has 0 saturated carbocycles. The summed E-state index contributed by atoms with van der Waals surface area (Å²) < 4.78 is 4.77. The van der Waals surface area contributed by atoms with Gasteiger partial charge in [-0.3, -0.25) is 0 Å². The second-order valence-corrected chi connectivity index (χ2v) is 1.73. The molecule has 1 amide bonds. The van der Waals surface area contributed by atoms with Crippen LogP contribution in [0.4, 0.5) is 4.79 Å². The smallest absolute Gasteiger partial charge is 0.404 e. The predicted molar refractivity (Wildman–Crippen MR) is 32.5 cm³/mol. The number of ether oxygens (including phenoxy) is 1. The number of nitrogens with one attached hydrogen (secondary N) is 1. The quantitative estimate of drug-likeness (QED) is 0.581. The third-order valence-corrected chi connectivity index (χ3v) is 0.943. The molecule has 0 aromatic carbocycles. The molecule has 0 aliphatic rings. The lowest BCUT2D eigenvalue weighted by Crippen LogP contribution is -2.29. The predicted octanol–water partition coefficient (Wildman–Crippen LogP) is 0.289. The van der Waals surface area contributed by atoms with E-state index in [0.717, 1.165) is 0 Å². The molecular weight excluding hydrogens is 122 g/mol. The van der Waals surface area contributed by atoms with E-state index in [9.17, 15) is 4.79 Å². The molecule has 0 saturated heterocycles. The molecule has 4 nitrogen and oxygen atoms in total. The Kier molecular flexibility index (Phi) is 3.79. The lowest BCUT2D eigenvalue weighted by atomic mass is 10.4. The van der Waals surface area contributed by atoms with E-state index in [1.54, 1.807) is 6.92 Å². The van der Waals surface area contributed by atoms with Crippen molar-refractivity contribution in [3.63, 3.8) is 0 Å². The van der Waals surface area contributed by atoms with Crippen LogP contribution in [0.3, 0.4) is 0 Å². The van der Waals surface area contributed by atoms with Gasteiger partial charge in [0.15, 0.2) is 0 Å².